The van der Waals surface area contributed by atoms with Crippen LogP contribution in [0.15, 0.2) is 106 Å². The predicted molar refractivity (Wildman–Crippen MR) is 159 cm³/mol. The van der Waals surface area contributed by atoms with Crippen LogP contribution >= 0.6 is 0 Å². The summed E-state index contributed by atoms with van der Waals surface area (Å²) in [5.74, 6) is -0.462. The second-order valence-corrected chi connectivity index (χ2v) is 11.4. The second kappa shape index (κ2) is 9.58. The maximum Gasteiger partial charge on any atom is 0.303 e. The van der Waals surface area contributed by atoms with Gasteiger partial charge in [0.25, 0.3) is 0 Å². The fraction of sp³-hybridized carbons (Fsp3) is 0.394. The first-order valence-corrected chi connectivity index (χ1v) is 14.3. The van der Waals surface area contributed by atoms with Gasteiger partial charge in [-0.25, -0.2) is 15.0 Å². The SMILES string of the molecule is CCC1=C(C)C2=NC1=CC1=C(C)C3=C(O)CC(=C4NC(=CC5=NC(=C2)C(CC)=C5C)C(C)[C@@H]4CCC(=O)O)C3=N1. The normalized spacial score (nSPS) is 25.4. The molecule has 5 aliphatic heterocycles. The van der Waals surface area contributed by atoms with Crippen LogP contribution in [0.1, 0.15) is 73.6 Å². The number of aliphatic carboxylic acids is 1. The summed E-state index contributed by atoms with van der Waals surface area (Å²) < 4.78 is 0. The van der Waals surface area contributed by atoms with Gasteiger partial charge in [-0.2, -0.15) is 0 Å². The van der Waals surface area contributed by atoms with Crippen molar-refractivity contribution in [2.75, 3.05) is 0 Å². The molecule has 2 atom stereocenters. The molecule has 1 unspecified atom stereocenters. The monoisotopic (exact) mass is 536 g/mol. The molecule has 6 aliphatic rings. The van der Waals surface area contributed by atoms with E-state index in [0.29, 0.717) is 18.6 Å². The quantitative estimate of drug-likeness (QED) is 0.354. The molecule has 6 rings (SSSR count). The number of hydrogen-bond acceptors (Lipinski definition) is 6. The minimum atomic E-state index is -0.808. The Labute approximate surface area is 235 Å². The fourth-order valence-corrected chi connectivity index (χ4v) is 6.88. The lowest BCUT2D eigenvalue weighted by Gasteiger charge is -2.17. The van der Waals surface area contributed by atoms with E-state index >= 15 is 0 Å². The van der Waals surface area contributed by atoms with Crippen molar-refractivity contribution in [1.29, 1.82) is 0 Å². The largest absolute Gasteiger partial charge is 0.511 e. The molecule has 7 nitrogen and oxygen atoms in total. The maximum atomic E-state index is 11.6. The van der Waals surface area contributed by atoms with Gasteiger partial charge in [0.15, 0.2) is 0 Å². The van der Waals surface area contributed by atoms with Crippen molar-refractivity contribution in [2.24, 2.45) is 26.8 Å². The minimum absolute atomic E-state index is 0.0311. The van der Waals surface area contributed by atoms with E-state index < -0.39 is 5.97 Å². The van der Waals surface area contributed by atoms with Crippen molar-refractivity contribution in [3.8, 4) is 0 Å². The van der Waals surface area contributed by atoms with Crippen LogP contribution in [0.3, 0.4) is 0 Å². The van der Waals surface area contributed by atoms with Gasteiger partial charge in [-0.15, -0.1) is 0 Å². The van der Waals surface area contributed by atoms with Crippen LogP contribution in [-0.2, 0) is 4.79 Å². The molecule has 0 radical (unpaired) electrons. The topological polar surface area (TPSA) is 107 Å². The van der Waals surface area contributed by atoms with Gasteiger partial charge in [0, 0.05) is 47.2 Å². The molecule has 8 bridgehead atoms. The summed E-state index contributed by atoms with van der Waals surface area (Å²) in [6.07, 6.45) is 8.96. The molecule has 0 aromatic carbocycles. The molecule has 0 aromatic heterocycles. The summed E-state index contributed by atoms with van der Waals surface area (Å²) in [6.45, 7) is 12.7. The van der Waals surface area contributed by atoms with Gasteiger partial charge in [0.05, 0.1) is 34.2 Å². The van der Waals surface area contributed by atoms with Gasteiger partial charge >= 0.3 is 5.97 Å². The Morgan fingerprint density at radius 2 is 1.57 bits per heavy atom. The lowest BCUT2D eigenvalue weighted by Crippen LogP contribution is -2.15. The van der Waals surface area contributed by atoms with Gasteiger partial charge < -0.3 is 15.5 Å². The van der Waals surface area contributed by atoms with E-state index in [1.165, 1.54) is 11.1 Å². The lowest BCUT2D eigenvalue weighted by molar-refractivity contribution is -0.137. The summed E-state index contributed by atoms with van der Waals surface area (Å²) in [6, 6.07) is 0. The Hall–Kier alpha value is -4.00. The number of aliphatic hydroxyl groups is 1. The standard InChI is InChI=1S/C33H36N4O3/c1-7-19-15(3)23-12-25-17(5)21(9-10-30(39)40)32(36-25)22-11-29(38)31-18(6)26(37-33(22)31)14-28-20(8-2)16(4)24(35-28)13-27(19)34-23/h12-14,17,21,36,38H,7-11H2,1-6H3,(H,39,40)/t17?,21-/m0/s1. The van der Waals surface area contributed by atoms with Crippen LogP contribution in [0.4, 0.5) is 0 Å². The van der Waals surface area contributed by atoms with Gasteiger partial charge in [-0.1, -0.05) is 20.8 Å². The van der Waals surface area contributed by atoms with Crippen LogP contribution in [0.2, 0.25) is 0 Å². The molecule has 0 aromatic rings. The van der Waals surface area contributed by atoms with E-state index in [1.807, 2.05) is 13.0 Å². The Balaban J connectivity index is 1.61. The number of aliphatic imine (C=N–C) groups is 3. The Morgan fingerprint density at radius 1 is 0.950 bits per heavy atom. The number of rotatable bonds is 5. The molecule has 7 heteroatoms. The van der Waals surface area contributed by atoms with Gasteiger partial charge in [-0.3, -0.25) is 4.79 Å². The van der Waals surface area contributed by atoms with E-state index in [-0.39, 0.29) is 18.3 Å². The zero-order chi connectivity index (χ0) is 28.5. The Bertz CT molecular complexity index is 1630. The van der Waals surface area contributed by atoms with Gasteiger partial charge in [0.2, 0.25) is 0 Å². The minimum Gasteiger partial charge on any atom is -0.511 e. The highest BCUT2D eigenvalue weighted by Crippen LogP contribution is 2.46. The third-order valence-corrected chi connectivity index (χ3v) is 9.21. The zero-order valence-corrected chi connectivity index (χ0v) is 24.1. The second-order valence-electron chi connectivity index (χ2n) is 11.4. The lowest BCUT2D eigenvalue weighted by atomic mass is 9.86. The molecule has 0 amide bonds. The molecule has 1 aliphatic carbocycles. The highest BCUT2D eigenvalue weighted by atomic mass is 16.4. The maximum absolute atomic E-state index is 11.6. The third-order valence-electron chi connectivity index (χ3n) is 9.21. The first-order chi connectivity index (χ1) is 19.1. The average Bonchev–Trinajstić information content (AvgIpc) is 3.65. The number of nitrogens with one attached hydrogen (secondary N) is 1. The number of aliphatic hydroxyl groups excluding tert-OH is 1. The van der Waals surface area contributed by atoms with E-state index in [1.54, 1.807) is 0 Å². The van der Waals surface area contributed by atoms with Crippen LogP contribution < -0.4 is 5.32 Å². The van der Waals surface area contributed by atoms with Crippen LogP contribution in [0.25, 0.3) is 0 Å². The van der Waals surface area contributed by atoms with Crippen molar-refractivity contribution < 1.29 is 15.0 Å². The number of carboxylic acids is 1. The highest BCUT2D eigenvalue weighted by molar-refractivity contribution is 6.21. The predicted octanol–water partition coefficient (Wildman–Crippen LogP) is 6.93. The molecule has 3 N–H and O–H groups in total. The third kappa shape index (κ3) is 3.94. The molecule has 1 saturated heterocycles. The van der Waals surface area contributed by atoms with Crippen LogP contribution in [-0.4, -0.2) is 33.3 Å². The molecule has 1 fully saturated rings. The summed E-state index contributed by atoms with van der Waals surface area (Å²) >= 11 is 0. The van der Waals surface area contributed by atoms with E-state index in [9.17, 15) is 15.0 Å². The average molecular weight is 537 g/mol. The molecule has 5 heterocycles. The smallest absolute Gasteiger partial charge is 0.303 e. The first kappa shape index (κ1) is 26.2. The summed E-state index contributed by atoms with van der Waals surface area (Å²) in [7, 11) is 0. The molecule has 0 saturated carbocycles. The van der Waals surface area contributed by atoms with Crippen LogP contribution in [0.5, 0.6) is 0 Å². The van der Waals surface area contributed by atoms with Gasteiger partial charge in [0.1, 0.15) is 5.76 Å². The molecular weight excluding hydrogens is 500 g/mol. The Kier molecular flexibility index (Phi) is 6.28. The number of carboxylic acid groups (broad SMARTS) is 1. The summed E-state index contributed by atoms with van der Waals surface area (Å²) in [5.41, 5.74) is 14.7. The number of nitrogens with zero attached hydrogens (tertiary/aromatic N) is 3. The fourth-order valence-electron chi connectivity index (χ4n) is 6.88. The first-order valence-electron chi connectivity index (χ1n) is 14.3. The van der Waals surface area contributed by atoms with Crippen molar-refractivity contribution in [1.82, 2.24) is 5.32 Å². The van der Waals surface area contributed by atoms with E-state index in [4.69, 9.17) is 15.0 Å². The highest BCUT2D eigenvalue weighted by Gasteiger charge is 2.41. The number of hydrogen-bond donors (Lipinski definition) is 3. The summed E-state index contributed by atoms with van der Waals surface area (Å²) in [5, 5.41) is 24.3. The van der Waals surface area contributed by atoms with Crippen molar-refractivity contribution in [3.63, 3.8) is 0 Å². The molecule has 0 spiro atoms. The van der Waals surface area contributed by atoms with E-state index in [0.717, 1.165) is 86.3 Å². The van der Waals surface area contributed by atoms with Gasteiger partial charge in [-0.05, 0) is 86.1 Å². The Morgan fingerprint density at radius 3 is 2.20 bits per heavy atom. The van der Waals surface area contributed by atoms with Crippen molar-refractivity contribution >= 4 is 23.1 Å². The van der Waals surface area contributed by atoms with Crippen LogP contribution in [0, 0.1) is 11.8 Å². The number of carbonyl (C=O) groups is 1. The molecule has 40 heavy (non-hydrogen) atoms. The zero-order valence-electron chi connectivity index (χ0n) is 24.1. The number of fused-ring (bicyclic) bond motifs is 5. The summed E-state index contributed by atoms with van der Waals surface area (Å²) in [4.78, 5) is 26.8. The number of allylic oxidation sites excluding steroid dienone is 12. The molecule has 206 valence electrons. The van der Waals surface area contributed by atoms with Crippen molar-refractivity contribution in [2.45, 2.75) is 73.6 Å². The molecular formula is C33H36N4O3. The van der Waals surface area contributed by atoms with Crippen molar-refractivity contribution in [3.05, 3.63) is 91.5 Å². The van der Waals surface area contributed by atoms with E-state index in [2.05, 4.69) is 52.1 Å².